The molecule has 1 spiro atoms. The van der Waals surface area contributed by atoms with Crippen molar-refractivity contribution in [2.45, 2.75) is 37.0 Å². The molecule has 1 saturated carbocycles. The normalized spacial score (nSPS) is 24.5. The Morgan fingerprint density at radius 2 is 1.83 bits per heavy atom. The molecule has 0 N–H and O–H groups in total. The standard InChI is InChI=1S/C16H15ClN4S2/c17-12-6-4-11(5-7-12)14-18-20-13-10-22-16(8-2-1-3-9-16)21(13)19-15(20)23-14/h4-7,10H,1-3,8-9H2. The zero-order chi connectivity index (χ0) is 15.4. The molecule has 1 aliphatic carbocycles. The van der Waals surface area contributed by atoms with Gasteiger partial charge in [-0.2, -0.15) is 10.1 Å². The predicted octanol–water partition coefficient (Wildman–Crippen LogP) is 4.84. The third-order valence-electron chi connectivity index (χ3n) is 4.68. The van der Waals surface area contributed by atoms with Gasteiger partial charge in [-0.25, -0.2) is 5.01 Å². The van der Waals surface area contributed by atoms with Gasteiger partial charge in [0.1, 0.15) is 9.91 Å². The van der Waals surface area contributed by atoms with Gasteiger partial charge in [0.2, 0.25) is 5.17 Å². The SMILES string of the molecule is Clc1ccc(C2=NN3C4=CSC5(CCCCC5)N4N=C3S2)cc1. The molecule has 3 heterocycles. The minimum atomic E-state index is 0.140. The Hall–Kier alpha value is -1.11. The number of fused-ring (bicyclic) bond motifs is 4. The Morgan fingerprint density at radius 1 is 1.04 bits per heavy atom. The molecule has 0 aromatic heterocycles. The number of rotatable bonds is 1. The summed E-state index contributed by atoms with van der Waals surface area (Å²) in [5.41, 5.74) is 1.08. The van der Waals surface area contributed by atoms with Crippen molar-refractivity contribution >= 4 is 45.3 Å². The van der Waals surface area contributed by atoms with Gasteiger partial charge < -0.3 is 0 Å². The van der Waals surface area contributed by atoms with E-state index in [0.29, 0.717) is 0 Å². The summed E-state index contributed by atoms with van der Waals surface area (Å²) >= 11 is 9.53. The van der Waals surface area contributed by atoms with Crippen molar-refractivity contribution in [3.63, 3.8) is 0 Å². The Balaban J connectivity index is 1.44. The van der Waals surface area contributed by atoms with E-state index in [1.165, 1.54) is 32.1 Å². The van der Waals surface area contributed by atoms with Crippen LogP contribution >= 0.6 is 35.1 Å². The lowest BCUT2D eigenvalue weighted by molar-refractivity contribution is 0.170. The molecule has 0 saturated heterocycles. The van der Waals surface area contributed by atoms with Crippen molar-refractivity contribution < 1.29 is 0 Å². The highest BCUT2D eigenvalue weighted by Gasteiger charge is 2.50. The van der Waals surface area contributed by atoms with E-state index >= 15 is 0 Å². The molecule has 4 aliphatic rings. The first-order chi connectivity index (χ1) is 11.3. The molecule has 7 heteroatoms. The van der Waals surface area contributed by atoms with Crippen LogP contribution in [0.15, 0.2) is 45.7 Å². The first-order valence-corrected chi connectivity index (χ1v) is 9.92. The smallest absolute Gasteiger partial charge is 0.216 e. The maximum atomic E-state index is 5.97. The molecule has 1 aromatic rings. The summed E-state index contributed by atoms with van der Waals surface area (Å²) in [4.78, 5) is 0.140. The van der Waals surface area contributed by atoms with Crippen molar-refractivity contribution in [2.24, 2.45) is 10.2 Å². The number of hydrogen-bond acceptors (Lipinski definition) is 6. The maximum absolute atomic E-state index is 5.97. The minimum Gasteiger partial charge on any atom is -0.228 e. The summed E-state index contributed by atoms with van der Waals surface area (Å²) < 4.78 is 0. The van der Waals surface area contributed by atoms with E-state index in [0.717, 1.165) is 26.6 Å². The number of nitrogens with zero attached hydrogens (tertiary/aromatic N) is 4. The highest BCUT2D eigenvalue weighted by molar-refractivity contribution is 8.27. The van der Waals surface area contributed by atoms with Gasteiger partial charge >= 0.3 is 0 Å². The van der Waals surface area contributed by atoms with Crippen molar-refractivity contribution in [3.05, 3.63) is 46.1 Å². The average Bonchev–Trinajstić information content (AvgIpc) is 3.21. The van der Waals surface area contributed by atoms with Gasteiger partial charge in [-0.05, 0) is 36.7 Å². The van der Waals surface area contributed by atoms with Crippen LogP contribution in [0.4, 0.5) is 0 Å². The molecule has 3 aliphatic heterocycles. The molecule has 5 rings (SSSR count). The molecule has 1 fully saturated rings. The number of hydrogen-bond donors (Lipinski definition) is 0. The van der Waals surface area contributed by atoms with Crippen LogP contribution in [0.25, 0.3) is 0 Å². The summed E-state index contributed by atoms with van der Waals surface area (Å²) in [5, 5.41) is 18.8. The molecule has 0 radical (unpaired) electrons. The van der Waals surface area contributed by atoms with Gasteiger partial charge in [-0.3, -0.25) is 0 Å². The van der Waals surface area contributed by atoms with E-state index in [9.17, 15) is 0 Å². The van der Waals surface area contributed by atoms with Gasteiger partial charge in [-0.15, -0.1) is 5.10 Å². The van der Waals surface area contributed by atoms with Crippen LogP contribution in [0.2, 0.25) is 5.02 Å². The molecule has 0 atom stereocenters. The van der Waals surface area contributed by atoms with E-state index in [1.807, 2.05) is 41.0 Å². The molecule has 0 unspecified atom stereocenters. The van der Waals surface area contributed by atoms with Gasteiger partial charge in [0.05, 0.1) is 0 Å². The molecule has 0 bridgehead atoms. The highest BCUT2D eigenvalue weighted by atomic mass is 35.5. The zero-order valence-electron chi connectivity index (χ0n) is 12.4. The number of thioether (sulfide) groups is 2. The van der Waals surface area contributed by atoms with Crippen LogP contribution in [-0.2, 0) is 0 Å². The first kappa shape index (κ1) is 14.3. The number of amidine groups is 1. The lowest BCUT2D eigenvalue weighted by Crippen LogP contribution is -2.40. The Labute approximate surface area is 148 Å². The van der Waals surface area contributed by atoms with Crippen LogP contribution in [-0.4, -0.2) is 25.1 Å². The second-order valence-electron chi connectivity index (χ2n) is 6.12. The molecule has 4 nitrogen and oxygen atoms in total. The Kier molecular flexibility index (Phi) is 3.22. The third kappa shape index (κ3) is 2.15. The topological polar surface area (TPSA) is 31.2 Å². The number of hydrazone groups is 2. The zero-order valence-corrected chi connectivity index (χ0v) is 14.8. The van der Waals surface area contributed by atoms with Crippen molar-refractivity contribution in [1.29, 1.82) is 0 Å². The third-order valence-corrected chi connectivity index (χ3v) is 7.22. The quantitative estimate of drug-likeness (QED) is 0.715. The van der Waals surface area contributed by atoms with Crippen LogP contribution in [0.5, 0.6) is 0 Å². The Morgan fingerprint density at radius 3 is 2.61 bits per heavy atom. The van der Waals surface area contributed by atoms with Crippen LogP contribution < -0.4 is 0 Å². The fourth-order valence-electron chi connectivity index (χ4n) is 3.48. The van der Waals surface area contributed by atoms with E-state index in [-0.39, 0.29) is 4.87 Å². The summed E-state index contributed by atoms with van der Waals surface area (Å²) in [6.45, 7) is 0. The van der Waals surface area contributed by atoms with Gasteiger partial charge in [0.15, 0.2) is 5.82 Å². The van der Waals surface area contributed by atoms with E-state index in [4.69, 9.17) is 21.8 Å². The molecule has 1 aromatic carbocycles. The highest BCUT2D eigenvalue weighted by Crippen LogP contribution is 2.54. The summed E-state index contributed by atoms with van der Waals surface area (Å²) in [6, 6.07) is 7.82. The molecule has 0 amide bonds. The number of benzene rings is 1. The average molecular weight is 363 g/mol. The van der Waals surface area contributed by atoms with Crippen molar-refractivity contribution in [3.8, 4) is 0 Å². The molecular formula is C16H15ClN4S2. The summed E-state index contributed by atoms with van der Waals surface area (Å²) in [7, 11) is 0. The summed E-state index contributed by atoms with van der Waals surface area (Å²) in [6.07, 6.45) is 6.35. The van der Waals surface area contributed by atoms with Gasteiger partial charge in [0.25, 0.3) is 0 Å². The van der Waals surface area contributed by atoms with E-state index < -0.39 is 0 Å². The van der Waals surface area contributed by atoms with E-state index in [1.54, 1.807) is 11.8 Å². The summed E-state index contributed by atoms with van der Waals surface area (Å²) in [5.74, 6) is 1.11. The van der Waals surface area contributed by atoms with Gasteiger partial charge in [0, 0.05) is 16.0 Å². The fourth-order valence-corrected chi connectivity index (χ4v) is 5.78. The van der Waals surface area contributed by atoms with Crippen LogP contribution in [0, 0.1) is 0 Å². The second kappa shape index (κ2) is 5.19. The minimum absolute atomic E-state index is 0.140. The molecular weight excluding hydrogens is 348 g/mol. The largest absolute Gasteiger partial charge is 0.228 e. The first-order valence-electron chi connectivity index (χ1n) is 7.85. The van der Waals surface area contributed by atoms with Crippen molar-refractivity contribution in [1.82, 2.24) is 10.0 Å². The lowest BCUT2D eigenvalue weighted by Gasteiger charge is -2.37. The number of halogens is 1. The maximum Gasteiger partial charge on any atom is 0.216 e. The molecule has 23 heavy (non-hydrogen) atoms. The van der Waals surface area contributed by atoms with Crippen LogP contribution in [0.1, 0.15) is 37.7 Å². The lowest BCUT2D eigenvalue weighted by atomic mass is 9.94. The van der Waals surface area contributed by atoms with Gasteiger partial charge in [-0.1, -0.05) is 54.8 Å². The fraction of sp³-hybridized carbons (Fsp3) is 0.375. The Bertz CT molecular complexity index is 750. The van der Waals surface area contributed by atoms with E-state index in [2.05, 4.69) is 10.4 Å². The second-order valence-corrected chi connectivity index (χ2v) is 8.74. The van der Waals surface area contributed by atoms with Crippen LogP contribution in [0.3, 0.4) is 0 Å². The molecule has 118 valence electrons. The predicted molar refractivity (Wildman–Crippen MR) is 98.2 cm³/mol. The van der Waals surface area contributed by atoms with Crippen molar-refractivity contribution in [2.75, 3.05) is 0 Å². The monoisotopic (exact) mass is 362 g/mol.